The summed E-state index contributed by atoms with van der Waals surface area (Å²) in [5.74, 6) is -2.48. The van der Waals surface area contributed by atoms with E-state index in [-0.39, 0.29) is 11.4 Å². The summed E-state index contributed by atoms with van der Waals surface area (Å²) in [5, 5.41) is 5.61. The van der Waals surface area contributed by atoms with Gasteiger partial charge in [-0.2, -0.15) is 18.3 Å². The Morgan fingerprint density at radius 2 is 1.88 bits per heavy atom. The van der Waals surface area contributed by atoms with E-state index in [0.29, 0.717) is 11.3 Å². The van der Waals surface area contributed by atoms with Gasteiger partial charge in [-0.1, -0.05) is 4.52 Å². The second kappa shape index (κ2) is 6.08. The number of thiophene rings is 1. The Balaban J connectivity index is 1.71. The Kier molecular flexibility index (Phi) is 4.10. The lowest BCUT2D eigenvalue weighted by atomic mass is 10.3. The number of halogens is 3. The number of H-pyrrole nitrogens is 1. The summed E-state index contributed by atoms with van der Waals surface area (Å²) in [6, 6.07) is 9.60. The SMILES string of the molecule is O=C(NCc1cccc2cc[nH][n+]12)c1ccc(C(=O)C(F)(F)F)s1. The van der Waals surface area contributed by atoms with Gasteiger partial charge >= 0.3 is 6.18 Å². The number of hydrogen-bond acceptors (Lipinski definition) is 3. The molecule has 3 aromatic heterocycles. The van der Waals surface area contributed by atoms with Crippen molar-refractivity contribution in [3.8, 4) is 0 Å². The maximum atomic E-state index is 12.4. The van der Waals surface area contributed by atoms with Crippen molar-refractivity contribution in [1.82, 2.24) is 10.4 Å². The van der Waals surface area contributed by atoms with Gasteiger partial charge in [0.2, 0.25) is 11.2 Å². The maximum Gasteiger partial charge on any atom is 0.455 e. The van der Waals surface area contributed by atoms with E-state index >= 15 is 0 Å². The lowest BCUT2D eigenvalue weighted by molar-refractivity contribution is -0.585. The minimum atomic E-state index is -4.95. The first-order valence-corrected chi connectivity index (χ1v) is 7.64. The van der Waals surface area contributed by atoms with Crippen LogP contribution in [0.1, 0.15) is 25.0 Å². The lowest BCUT2D eigenvalue weighted by Crippen LogP contribution is -2.33. The molecule has 0 aliphatic carbocycles. The molecule has 2 N–H and O–H groups in total. The van der Waals surface area contributed by atoms with Crippen LogP contribution in [-0.4, -0.2) is 23.0 Å². The standard InChI is InChI=1S/C15H10F3N3O2S/c16-15(17,18)13(22)11-4-5-12(24-11)14(23)19-8-10-3-1-2-9-6-7-20-21(9)10/h1-7H,8H2,(H,19,23)/p+1. The molecule has 0 aliphatic rings. The smallest absolute Gasteiger partial charge is 0.341 e. The van der Waals surface area contributed by atoms with E-state index < -0.39 is 22.7 Å². The largest absolute Gasteiger partial charge is 0.455 e. The van der Waals surface area contributed by atoms with Crippen molar-refractivity contribution in [2.75, 3.05) is 0 Å². The molecule has 0 unspecified atom stereocenters. The fraction of sp³-hybridized carbons (Fsp3) is 0.133. The summed E-state index contributed by atoms with van der Waals surface area (Å²) in [6.07, 6.45) is -3.20. The zero-order valence-corrected chi connectivity index (χ0v) is 12.9. The van der Waals surface area contributed by atoms with Crippen LogP contribution in [0.3, 0.4) is 0 Å². The summed E-state index contributed by atoms with van der Waals surface area (Å²) in [6.45, 7) is 0.182. The molecule has 0 saturated carbocycles. The van der Waals surface area contributed by atoms with Crippen LogP contribution < -0.4 is 9.83 Å². The quantitative estimate of drug-likeness (QED) is 0.558. The van der Waals surface area contributed by atoms with Crippen molar-refractivity contribution in [1.29, 1.82) is 0 Å². The summed E-state index contributed by atoms with van der Waals surface area (Å²) in [4.78, 5) is 22.8. The Labute approximate surface area is 137 Å². The van der Waals surface area contributed by atoms with Gasteiger partial charge in [0.25, 0.3) is 11.7 Å². The summed E-state index contributed by atoms with van der Waals surface area (Å²) < 4.78 is 38.9. The fourth-order valence-corrected chi connectivity index (χ4v) is 3.06. The fourth-order valence-electron chi connectivity index (χ4n) is 2.17. The van der Waals surface area contributed by atoms with Gasteiger partial charge in [-0.3, -0.25) is 9.59 Å². The number of fused-ring (bicyclic) bond motifs is 1. The molecule has 0 bridgehead atoms. The monoisotopic (exact) mass is 354 g/mol. The molecule has 3 rings (SSSR count). The molecule has 3 heterocycles. The van der Waals surface area contributed by atoms with Crippen LogP contribution in [-0.2, 0) is 6.54 Å². The molecule has 3 aromatic rings. The van der Waals surface area contributed by atoms with Crippen molar-refractivity contribution >= 4 is 28.5 Å². The van der Waals surface area contributed by atoms with Gasteiger partial charge in [-0.15, -0.1) is 11.3 Å². The number of rotatable bonds is 4. The number of carbonyl (C=O) groups is 2. The molecule has 9 heteroatoms. The number of pyridine rings is 1. The van der Waals surface area contributed by atoms with Crippen LogP contribution >= 0.6 is 11.3 Å². The predicted octanol–water partition coefficient (Wildman–Crippen LogP) is 2.49. The highest BCUT2D eigenvalue weighted by Gasteiger charge is 2.40. The summed E-state index contributed by atoms with van der Waals surface area (Å²) in [7, 11) is 0. The number of hydrogen-bond donors (Lipinski definition) is 2. The Morgan fingerprint density at radius 3 is 2.62 bits per heavy atom. The van der Waals surface area contributed by atoms with E-state index in [1.54, 1.807) is 16.8 Å². The predicted molar refractivity (Wildman–Crippen MR) is 79.8 cm³/mol. The van der Waals surface area contributed by atoms with Gasteiger partial charge < -0.3 is 5.32 Å². The van der Waals surface area contributed by atoms with Gasteiger partial charge in [-0.25, -0.2) is 0 Å². The second-order valence-electron chi connectivity index (χ2n) is 4.91. The topological polar surface area (TPSA) is 66.1 Å². The molecule has 0 saturated heterocycles. The third-order valence-corrected chi connectivity index (χ3v) is 4.38. The first-order valence-electron chi connectivity index (χ1n) is 6.83. The zero-order chi connectivity index (χ0) is 17.3. The highest BCUT2D eigenvalue weighted by Crippen LogP contribution is 2.26. The highest BCUT2D eigenvalue weighted by atomic mass is 32.1. The molecule has 0 fully saturated rings. The van der Waals surface area contributed by atoms with Gasteiger partial charge in [0.05, 0.1) is 16.0 Å². The van der Waals surface area contributed by atoms with Gasteiger partial charge in [-0.05, 0) is 18.2 Å². The average Bonchev–Trinajstić information content (AvgIpc) is 3.19. The molecule has 124 valence electrons. The third-order valence-electron chi connectivity index (χ3n) is 3.30. The van der Waals surface area contributed by atoms with Crippen LogP contribution in [0, 0.1) is 0 Å². The molecule has 0 atom stereocenters. The highest BCUT2D eigenvalue weighted by molar-refractivity contribution is 7.16. The number of nitrogens with zero attached hydrogens (tertiary/aromatic N) is 1. The molecule has 0 aromatic carbocycles. The zero-order valence-electron chi connectivity index (χ0n) is 12.1. The summed E-state index contributed by atoms with van der Waals surface area (Å²) >= 11 is 0.520. The lowest BCUT2D eigenvalue weighted by Gasteiger charge is -2.02. The first kappa shape index (κ1) is 16.2. The number of amides is 1. The Hall–Kier alpha value is -2.68. The molecule has 24 heavy (non-hydrogen) atoms. The number of ketones is 1. The number of carbonyl (C=O) groups excluding carboxylic acids is 2. The molecule has 1 amide bonds. The minimum Gasteiger partial charge on any atom is -0.341 e. The van der Waals surface area contributed by atoms with E-state index in [9.17, 15) is 22.8 Å². The van der Waals surface area contributed by atoms with Crippen LogP contribution in [0.25, 0.3) is 5.52 Å². The van der Waals surface area contributed by atoms with E-state index in [1.807, 2.05) is 18.2 Å². The molecular weight excluding hydrogens is 343 g/mol. The van der Waals surface area contributed by atoms with Gasteiger partial charge in [0.15, 0.2) is 0 Å². The minimum absolute atomic E-state index is 0.0475. The number of Topliss-reactive ketones (excluding diaryl/α,β-unsaturated/α-hetero) is 1. The molecular formula is C15H11F3N3O2S+. The van der Waals surface area contributed by atoms with Crippen molar-refractivity contribution < 1.29 is 27.3 Å². The number of aromatic amines is 1. The Morgan fingerprint density at radius 1 is 1.12 bits per heavy atom. The van der Waals surface area contributed by atoms with Crippen LogP contribution in [0.4, 0.5) is 13.2 Å². The van der Waals surface area contributed by atoms with E-state index in [4.69, 9.17) is 0 Å². The Bertz CT molecular complexity index is 914. The van der Waals surface area contributed by atoms with Crippen molar-refractivity contribution in [2.45, 2.75) is 12.7 Å². The molecule has 0 spiro atoms. The van der Waals surface area contributed by atoms with Crippen molar-refractivity contribution in [3.63, 3.8) is 0 Å². The van der Waals surface area contributed by atoms with E-state index in [1.165, 1.54) is 6.07 Å². The average molecular weight is 354 g/mol. The van der Waals surface area contributed by atoms with E-state index in [0.717, 1.165) is 17.3 Å². The number of aromatic nitrogens is 2. The van der Waals surface area contributed by atoms with Crippen LogP contribution in [0.2, 0.25) is 0 Å². The number of nitrogens with one attached hydrogen (secondary N) is 2. The first-order chi connectivity index (χ1) is 11.4. The van der Waals surface area contributed by atoms with Gasteiger partial charge in [0, 0.05) is 18.2 Å². The molecule has 0 aliphatic heterocycles. The maximum absolute atomic E-state index is 12.4. The normalized spacial score (nSPS) is 11.6. The van der Waals surface area contributed by atoms with Crippen molar-refractivity contribution in [2.24, 2.45) is 0 Å². The van der Waals surface area contributed by atoms with Crippen LogP contribution in [0.15, 0.2) is 42.6 Å². The molecule has 5 nitrogen and oxygen atoms in total. The third kappa shape index (κ3) is 3.16. The second-order valence-corrected chi connectivity index (χ2v) is 6.00. The number of alkyl halides is 3. The molecule has 0 radical (unpaired) electrons. The van der Waals surface area contributed by atoms with E-state index in [2.05, 4.69) is 10.4 Å². The van der Waals surface area contributed by atoms with Gasteiger partial charge in [0.1, 0.15) is 6.54 Å². The summed E-state index contributed by atoms with van der Waals surface area (Å²) in [5.41, 5.74) is 1.69. The van der Waals surface area contributed by atoms with Crippen molar-refractivity contribution in [3.05, 3.63) is 58.0 Å². The van der Waals surface area contributed by atoms with Crippen LogP contribution in [0.5, 0.6) is 0 Å².